The number of rotatable bonds is 5. The Balaban J connectivity index is 1.69. The Morgan fingerprint density at radius 2 is 1.92 bits per heavy atom. The number of fused-ring (bicyclic) bond motifs is 1. The van der Waals surface area contributed by atoms with Gasteiger partial charge in [-0.05, 0) is 31.2 Å². The van der Waals surface area contributed by atoms with Crippen LogP contribution in [0.2, 0.25) is 0 Å². The first-order valence-corrected chi connectivity index (χ1v) is 8.87. The largest absolute Gasteiger partial charge is 0.330 e. The summed E-state index contributed by atoms with van der Waals surface area (Å²) in [5.41, 5.74) is 2.19. The molecule has 5 heteroatoms. The molecule has 1 saturated carbocycles. The van der Waals surface area contributed by atoms with Crippen molar-refractivity contribution >= 4 is 11.6 Å². The second-order valence-corrected chi connectivity index (χ2v) is 6.78. The van der Waals surface area contributed by atoms with Gasteiger partial charge < -0.3 is 9.30 Å². The molecule has 0 unspecified atom stereocenters. The quantitative estimate of drug-likeness (QED) is 0.714. The van der Waals surface area contributed by atoms with Crippen LogP contribution in [0.4, 0.5) is 0 Å². The molecule has 1 fully saturated rings. The molecule has 5 nitrogen and oxygen atoms in total. The maximum Gasteiger partial charge on any atom is 0.276 e. The maximum absolute atomic E-state index is 13.4. The van der Waals surface area contributed by atoms with Gasteiger partial charge in [-0.25, -0.2) is 9.97 Å². The predicted molar refractivity (Wildman–Crippen MR) is 96.2 cm³/mol. The molecule has 0 saturated heterocycles. The molecule has 2 heterocycles. The van der Waals surface area contributed by atoms with E-state index in [-0.39, 0.29) is 11.9 Å². The average Bonchev–Trinajstić information content (AvgIpc) is 3.09. The third-order valence-corrected chi connectivity index (χ3v) is 5.20. The summed E-state index contributed by atoms with van der Waals surface area (Å²) in [6.45, 7) is 2.87. The van der Waals surface area contributed by atoms with Crippen LogP contribution in [0.15, 0.2) is 55.1 Å². The van der Waals surface area contributed by atoms with E-state index in [9.17, 15) is 4.79 Å². The highest BCUT2D eigenvalue weighted by Crippen LogP contribution is 2.31. The molecule has 128 valence electrons. The topological polar surface area (TPSA) is 50.5 Å². The highest BCUT2D eigenvalue weighted by atomic mass is 16.2. The number of benzene rings is 1. The number of hydrogen-bond acceptors (Lipinski definition) is 3. The summed E-state index contributed by atoms with van der Waals surface area (Å²) in [6.07, 6.45) is 10.7. The monoisotopic (exact) mass is 334 g/mol. The minimum absolute atomic E-state index is 0.00585. The van der Waals surface area contributed by atoms with Gasteiger partial charge in [0.2, 0.25) is 0 Å². The van der Waals surface area contributed by atoms with E-state index in [0.29, 0.717) is 17.3 Å². The molecule has 0 N–H and O–H groups in total. The van der Waals surface area contributed by atoms with E-state index in [1.807, 2.05) is 39.9 Å². The fourth-order valence-electron chi connectivity index (χ4n) is 3.42. The summed E-state index contributed by atoms with van der Waals surface area (Å²) in [4.78, 5) is 24.0. The van der Waals surface area contributed by atoms with E-state index in [2.05, 4.69) is 29.0 Å². The van der Waals surface area contributed by atoms with Gasteiger partial charge in [0.05, 0.1) is 6.04 Å². The Bertz CT molecular complexity index is 870. The Morgan fingerprint density at radius 1 is 1.20 bits per heavy atom. The zero-order valence-electron chi connectivity index (χ0n) is 14.4. The van der Waals surface area contributed by atoms with Crippen LogP contribution in [-0.4, -0.2) is 31.7 Å². The van der Waals surface area contributed by atoms with Crippen molar-refractivity contribution < 1.29 is 4.79 Å². The molecule has 0 spiro atoms. The van der Waals surface area contributed by atoms with Crippen molar-refractivity contribution in [3.8, 4) is 0 Å². The summed E-state index contributed by atoms with van der Waals surface area (Å²) >= 11 is 0. The van der Waals surface area contributed by atoms with Crippen molar-refractivity contribution in [1.82, 2.24) is 19.3 Å². The van der Waals surface area contributed by atoms with E-state index < -0.39 is 0 Å². The van der Waals surface area contributed by atoms with Gasteiger partial charge >= 0.3 is 0 Å². The smallest absolute Gasteiger partial charge is 0.276 e. The van der Waals surface area contributed by atoms with Gasteiger partial charge in [0, 0.05) is 31.3 Å². The van der Waals surface area contributed by atoms with Crippen molar-refractivity contribution in [2.45, 2.75) is 32.2 Å². The number of carbonyl (C=O) groups excluding carboxylic acids is 1. The molecule has 0 aliphatic heterocycles. The second kappa shape index (κ2) is 6.67. The molecule has 4 rings (SSSR count). The molecule has 1 atom stereocenters. The van der Waals surface area contributed by atoms with Crippen LogP contribution in [0.25, 0.3) is 5.65 Å². The van der Waals surface area contributed by atoms with Gasteiger partial charge in [0.1, 0.15) is 0 Å². The lowest BCUT2D eigenvalue weighted by Crippen LogP contribution is -2.39. The van der Waals surface area contributed by atoms with Gasteiger partial charge in [-0.15, -0.1) is 0 Å². The number of nitrogens with zero attached hydrogens (tertiary/aromatic N) is 4. The van der Waals surface area contributed by atoms with Gasteiger partial charge in [0.25, 0.3) is 5.91 Å². The lowest BCUT2D eigenvalue weighted by Gasteiger charge is -2.36. The Hall–Kier alpha value is -2.69. The normalized spacial score (nSPS) is 15.7. The van der Waals surface area contributed by atoms with Crippen molar-refractivity contribution in [2.75, 3.05) is 6.54 Å². The predicted octanol–water partition coefficient (Wildman–Crippen LogP) is 3.73. The lowest BCUT2D eigenvalue weighted by atomic mass is 9.84. The van der Waals surface area contributed by atoms with E-state index >= 15 is 0 Å². The van der Waals surface area contributed by atoms with Crippen LogP contribution < -0.4 is 0 Å². The SMILES string of the molecule is C[C@H](c1ccccc1)N(CC1CCC1)C(=O)c1nccn2ccnc12. The second-order valence-electron chi connectivity index (χ2n) is 6.78. The third-order valence-electron chi connectivity index (χ3n) is 5.20. The molecule has 25 heavy (non-hydrogen) atoms. The van der Waals surface area contributed by atoms with Gasteiger partial charge in [-0.3, -0.25) is 4.79 Å². The molecule has 1 aliphatic rings. The minimum Gasteiger partial charge on any atom is -0.330 e. The first kappa shape index (κ1) is 15.8. The molecular weight excluding hydrogens is 312 g/mol. The average molecular weight is 334 g/mol. The van der Waals surface area contributed by atoms with Crippen LogP contribution in [0, 0.1) is 5.92 Å². The summed E-state index contributed by atoms with van der Waals surface area (Å²) in [6, 6.07) is 10.2. The maximum atomic E-state index is 13.4. The fraction of sp³-hybridized carbons (Fsp3) is 0.350. The number of aromatic nitrogens is 3. The Kier molecular flexibility index (Phi) is 4.22. The zero-order chi connectivity index (χ0) is 17.2. The van der Waals surface area contributed by atoms with Gasteiger partial charge in [-0.2, -0.15) is 0 Å². The summed E-state index contributed by atoms with van der Waals surface area (Å²) in [5, 5.41) is 0. The first-order valence-electron chi connectivity index (χ1n) is 8.87. The van der Waals surface area contributed by atoms with Gasteiger partial charge in [-0.1, -0.05) is 36.8 Å². The standard InChI is InChI=1S/C20H22N4O/c1-15(17-8-3-2-4-9-17)24(14-16-6-5-7-16)20(25)18-19-22-11-13-23(19)12-10-21-18/h2-4,8-13,15-16H,5-7,14H2,1H3/t15-/m1/s1. The van der Waals surface area contributed by atoms with Crippen LogP contribution in [-0.2, 0) is 0 Å². The van der Waals surface area contributed by atoms with Crippen molar-refractivity contribution in [1.29, 1.82) is 0 Å². The Morgan fingerprint density at radius 3 is 2.60 bits per heavy atom. The molecule has 0 bridgehead atoms. The van der Waals surface area contributed by atoms with Crippen molar-refractivity contribution in [2.24, 2.45) is 5.92 Å². The highest BCUT2D eigenvalue weighted by Gasteiger charge is 2.30. The minimum atomic E-state index is -0.0416. The third kappa shape index (κ3) is 3.02. The summed E-state index contributed by atoms with van der Waals surface area (Å²) in [7, 11) is 0. The van der Waals surface area contributed by atoms with Crippen LogP contribution in [0.3, 0.4) is 0 Å². The van der Waals surface area contributed by atoms with E-state index in [1.165, 1.54) is 19.3 Å². The van der Waals surface area contributed by atoms with Crippen LogP contribution in [0.5, 0.6) is 0 Å². The molecular formula is C20H22N4O. The van der Waals surface area contributed by atoms with Crippen LogP contribution >= 0.6 is 0 Å². The highest BCUT2D eigenvalue weighted by molar-refractivity contribution is 5.98. The first-order chi connectivity index (χ1) is 12.2. The molecule has 0 radical (unpaired) electrons. The van der Waals surface area contributed by atoms with Crippen LogP contribution in [0.1, 0.15) is 48.3 Å². The van der Waals surface area contributed by atoms with E-state index in [4.69, 9.17) is 0 Å². The molecule has 1 aromatic carbocycles. The molecule has 2 aromatic heterocycles. The Labute approximate surface area is 147 Å². The zero-order valence-corrected chi connectivity index (χ0v) is 14.4. The molecule has 1 aliphatic carbocycles. The molecule has 3 aromatic rings. The fourth-order valence-corrected chi connectivity index (χ4v) is 3.42. The molecule has 1 amide bonds. The van der Waals surface area contributed by atoms with Gasteiger partial charge in [0.15, 0.2) is 11.3 Å². The number of carbonyl (C=O) groups is 1. The number of amides is 1. The van der Waals surface area contributed by atoms with E-state index in [0.717, 1.165) is 12.1 Å². The summed E-state index contributed by atoms with van der Waals surface area (Å²) < 4.78 is 1.84. The van der Waals surface area contributed by atoms with E-state index in [1.54, 1.807) is 12.4 Å². The van der Waals surface area contributed by atoms with Crippen molar-refractivity contribution in [3.63, 3.8) is 0 Å². The summed E-state index contributed by atoms with van der Waals surface area (Å²) in [5.74, 6) is 0.551. The van der Waals surface area contributed by atoms with Crippen molar-refractivity contribution in [3.05, 3.63) is 66.4 Å². The lowest BCUT2D eigenvalue weighted by molar-refractivity contribution is 0.0609. The number of hydrogen-bond donors (Lipinski definition) is 0. The number of imidazole rings is 1.